The summed E-state index contributed by atoms with van der Waals surface area (Å²) in [4.78, 5) is 14.8. The Morgan fingerprint density at radius 3 is 2.04 bits per heavy atom. The predicted octanol–water partition coefficient (Wildman–Crippen LogP) is 0.887. The van der Waals surface area contributed by atoms with Gasteiger partial charge >= 0.3 is 16.4 Å². The molecule has 0 spiro atoms. The van der Waals surface area contributed by atoms with E-state index in [9.17, 15) is 9.90 Å². The standard InChI is InChI=1S/C17H23NO3.CH4O.H2O4S/c1-18-13-7-8-14(18)10-15(9-13)21-17(20)16(11-19)12-5-3-2-4-6-12;1-2;1-5(2,3)4/h2-6,13-16,19H,7-11H2,1H3;2H,1H3;(H2,1,2,3,4). The number of carbonyl (C=O) groups is 1. The van der Waals surface area contributed by atoms with E-state index in [1.54, 1.807) is 0 Å². The zero-order valence-electron chi connectivity index (χ0n) is 16.0. The van der Waals surface area contributed by atoms with Crippen LogP contribution >= 0.6 is 0 Å². The van der Waals surface area contributed by atoms with Crippen LogP contribution in [0.5, 0.6) is 0 Å². The van der Waals surface area contributed by atoms with Gasteiger partial charge < -0.3 is 19.8 Å². The average molecular weight is 419 g/mol. The lowest BCUT2D eigenvalue weighted by Crippen LogP contribution is -2.43. The van der Waals surface area contributed by atoms with Crippen molar-refractivity contribution in [3.63, 3.8) is 0 Å². The summed E-state index contributed by atoms with van der Waals surface area (Å²) in [5.74, 6) is -0.860. The number of piperidine rings is 1. The van der Waals surface area contributed by atoms with Crippen molar-refractivity contribution >= 4 is 16.4 Å². The van der Waals surface area contributed by atoms with Crippen LogP contribution in [0.15, 0.2) is 30.3 Å². The first-order chi connectivity index (χ1) is 13.2. The number of aliphatic hydroxyl groups is 2. The molecule has 0 radical (unpaired) electrons. The third-order valence-electron chi connectivity index (χ3n) is 5.01. The van der Waals surface area contributed by atoms with Gasteiger partial charge in [-0.1, -0.05) is 30.3 Å². The van der Waals surface area contributed by atoms with E-state index in [0.717, 1.165) is 25.5 Å². The Bertz CT molecular complexity index is 675. The quantitative estimate of drug-likeness (QED) is 0.413. The van der Waals surface area contributed by atoms with Crippen molar-refractivity contribution in [1.29, 1.82) is 0 Å². The molecule has 0 aliphatic carbocycles. The first kappa shape index (κ1) is 24.5. The molecule has 160 valence electrons. The smallest absolute Gasteiger partial charge is 0.394 e. The largest absolute Gasteiger partial charge is 0.462 e. The molecule has 3 rings (SSSR count). The average Bonchev–Trinajstić information content (AvgIpc) is 2.84. The second kappa shape index (κ2) is 11.4. The molecular weight excluding hydrogens is 390 g/mol. The number of nitrogens with zero attached hydrogens (tertiary/aromatic N) is 1. The number of carbonyl (C=O) groups excluding carboxylic acids is 1. The lowest BCUT2D eigenvalue weighted by molar-refractivity contribution is -0.155. The molecule has 2 saturated heterocycles. The van der Waals surface area contributed by atoms with Gasteiger partial charge in [-0.3, -0.25) is 13.9 Å². The number of aliphatic hydroxyl groups excluding tert-OH is 2. The van der Waals surface area contributed by atoms with Gasteiger partial charge in [-0.25, -0.2) is 0 Å². The molecule has 28 heavy (non-hydrogen) atoms. The van der Waals surface area contributed by atoms with E-state index in [1.807, 2.05) is 30.3 Å². The van der Waals surface area contributed by atoms with E-state index in [1.165, 1.54) is 12.8 Å². The summed E-state index contributed by atoms with van der Waals surface area (Å²) in [6.45, 7) is -0.206. The highest BCUT2D eigenvalue weighted by Gasteiger charge is 2.40. The number of fused-ring (bicyclic) bond motifs is 2. The second-order valence-corrected chi connectivity index (χ2v) is 7.57. The van der Waals surface area contributed by atoms with Gasteiger partial charge in [-0.05, 0) is 38.3 Å². The van der Waals surface area contributed by atoms with Crippen LogP contribution in [-0.2, 0) is 19.9 Å². The van der Waals surface area contributed by atoms with Crippen molar-refractivity contribution in [2.24, 2.45) is 0 Å². The number of hydrogen-bond donors (Lipinski definition) is 4. The molecule has 1 aromatic rings. The van der Waals surface area contributed by atoms with E-state index in [-0.39, 0.29) is 18.7 Å². The fraction of sp³-hybridized carbons (Fsp3) is 0.611. The van der Waals surface area contributed by atoms with Crippen LogP contribution in [0.3, 0.4) is 0 Å². The van der Waals surface area contributed by atoms with Gasteiger partial charge in [0.15, 0.2) is 0 Å². The molecule has 0 saturated carbocycles. The lowest BCUT2D eigenvalue weighted by Gasteiger charge is -2.36. The Balaban J connectivity index is 0.000000490. The van der Waals surface area contributed by atoms with Crippen LogP contribution in [0.1, 0.15) is 37.2 Å². The molecule has 4 N–H and O–H groups in total. The molecule has 9 nitrogen and oxygen atoms in total. The third-order valence-corrected chi connectivity index (χ3v) is 5.01. The van der Waals surface area contributed by atoms with Crippen molar-refractivity contribution in [3.8, 4) is 0 Å². The molecule has 2 aliphatic rings. The maximum absolute atomic E-state index is 12.4. The van der Waals surface area contributed by atoms with Crippen molar-refractivity contribution < 1.29 is 37.3 Å². The molecule has 2 bridgehead atoms. The summed E-state index contributed by atoms with van der Waals surface area (Å²) in [5, 5.41) is 16.5. The summed E-state index contributed by atoms with van der Waals surface area (Å²) < 4.78 is 37.3. The fourth-order valence-electron chi connectivity index (χ4n) is 3.71. The van der Waals surface area contributed by atoms with E-state index >= 15 is 0 Å². The summed E-state index contributed by atoms with van der Waals surface area (Å²) in [6, 6.07) is 10.5. The minimum Gasteiger partial charge on any atom is -0.462 e. The highest BCUT2D eigenvalue weighted by atomic mass is 32.3. The van der Waals surface area contributed by atoms with Crippen LogP contribution in [0.4, 0.5) is 0 Å². The molecule has 0 aromatic heterocycles. The first-order valence-electron chi connectivity index (χ1n) is 8.92. The van der Waals surface area contributed by atoms with Crippen molar-refractivity contribution in [2.75, 3.05) is 20.8 Å². The van der Waals surface area contributed by atoms with Crippen molar-refractivity contribution in [3.05, 3.63) is 35.9 Å². The number of benzene rings is 1. The highest BCUT2D eigenvalue weighted by Crippen LogP contribution is 2.36. The van der Waals surface area contributed by atoms with Crippen LogP contribution < -0.4 is 0 Å². The SMILES string of the molecule is CN1C2CCC1CC(OC(=O)C(CO)c1ccccc1)C2.CO.O=S(=O)(O)O. The van der Waals surface area contributed by atoms with Gasteiger partial charge in [0, 0.05) is 19.2 Å². The Kier molecular flexibility index (Phi) is 10.0. The monoisotopic (exact) mass is 419 g/mol. The summed E-state index contributed by atoms with van der Waals surface area (Å²) in [7, 11) is -1.50. The summed E-state index contributed by atoms with van der Waals surface area (Å²) in [5.41, 5.74) is 0.820. The van der Waals surface area contributed by atoms with Gasteiger partial charge in [-0.15, -0.1) is 0 Å². The Hall–Kier alpha value is -1.56. The zero-order chi connectivity index (χ0) is 21.3. The van der Waals surface area contributed by atoms with E-state index in [0.29, 0.717) is 12.1 Å². The second-order valence-electron chi connectivity index (χ2n) is 6.67. The maximum Gasteiger partial charge on any atom is 0.394 e. The first-order valence-corrected chi connectivity index (χ1v) is 10.3. The maximum atomic E-state index is 12.4. The summed E-state index contributed by atoms with van der Waals surface area (Å²) in [6.07, 6.45) is 4.26. The molecule has 0 amide bonds. The molecule has 10 heteroatoms. The number of ether oxygens (including phenoxy) is 1. The minimum absolute atomic E-state index is 0.00367. The Morgan fingerprint density at radius 2 is 1.61 bits per heavy atom. The number of hydrogen-bond acceptors (Lipinski definition) is 7. The van der Waals surface area contributed by atoms with Crippen LogP contribution in [0.2, 0.25) is 0 Å². The molecule has 3 unspecified atom stereocenters. The third kappa shape index (κ3) is 7.82. The van der Waals surface area contributed by atoms with Crippen LogP contribution in [-0.4, -0.2) is 77.6 Å². The molecule has 3 atom stereocenters. The molecule has 2 heterocycles. The van der Waals surface area contributed by atoms with Crippen molar-refractivity contribution in [2.45, 2.75) is 49.8 Å². The van der Waals surface area contributed by atoms with Gasteiger partial charge in [0.05, 0.1) is 6.61 Å². The topological polar surface area (TPSA) is 145 Å². The number of rotatable bonds is 4. The predicted molar refractivity (Wildman–Crippen MR) is 102 cm³/mol. The Morgan fingerprint density at radius 1 is 1.14 bits per heavy atom. The lowest BCUT2D eigenvalue weighted by atomic mass is 9.98. The Labute approximate surface area is 165 Å². The van der Waals surface area contributed by atoms with Crippen molar-refractivity contribution in [1.82, 2.24) is 4.90 Å². The van der Waals surface area contributed by atoms with Gasteiger partial charge in [-0.2, -0.15) is 8.42 Å². The van der Waals surface area contributed by atoms with Gasteiger partial charge in [0.25, 0.3) is 0 Å². The van der Waals surface area contributed by atoms with Crippen LogP contribution in [0.25, 0.3) is 0 Å². The minimum atomic E-state index is -4.67. The zero-order valence-corrected chi connectivity index (χ0v) is 16.8. The van der Waals surface area contributed by atoms with E-state index in [4.69, 9.17) is 27.4 Å². The van der Waals surface area contributed by atoms with E-state index < -0.39 is 16.3 Å². The van der Waals surface area contributed by atoms with Gasteiger partial charge in [0.1, 0.15) is 12.0 Å². The molecule has 2 fully saturated rings. The molecule has 2 aliphatic heterocycles. The summed E-state index contributed by atoms with van der Waals surface area (Å²) >= 11 is 0. The van der Waals surface area contributed by atoms with E-state index in [2.05, 4.69) is 11.9 Å². The normalized spacial score (nSPS) is 24.9. The highest BCUT2D eigenvalue weighted by molar-refractivity contribution is 7.79. The van der Waals surface area contributed by atoms with Crippen LogP contribution in [0, 0.1) is 0 Å². The fourth-order valence-corrected chi connectivity index (χ4v) is 3.71. The molecule has 1 aromatic carbocycles. The number of esters is 1. The molecular formula is C18H29NO8S. The van der Waals surface area contributed by atoms with Gasteiger partial charge in [0.2, 0.25) is 0 Å².